The Morgan fingerprint density at radius 1 is 1.16 bits per heavy atom. The van der Waals surface area contributed by atoms with Gasteiger partial charge in [-0.25, -0.2) is 0 Å². The summed E-state index contributed by atoms with van der Waals surface area (Å²) in [6.07, 6.45) is 1.78. The van der Waals surface area contributed by atoms with Crippen LogP contribution in [0.5, 0.6) is 5.75 Å². The van der Waals surface area contributed by atoms with Crippen molar-refractivity contribution >= 4 is 47.8 Å². The summed E-state index contributed by atoms with van der Waals surface area (Å²) in [5, 5.41) is 0.760. The molecule has 1 aromatic heterocycles. The van der Waals surface area contributed by atoms with Gasteiger partial charge < -0.3 is 4.74 Å². The lowest BCUT2D eigenvalue weighted by molar-refractivity contribution is 0.297. The van der Waals surface area contributed by atoms with E-state index in [4.69, 9.17) is 4.74 Å². The molecule has 0 N–H and O–H groups in total. The van der Waals surface area contributed by atoms with Crippen molar-refractivity contribution in [2.24, 2.45) is 0 Å². The van der Waals surface area contributed by atoms with E-state index < -0.39 is 0 Å². The van der Waals surface area contributed by atoms with E-state index >= 15 is 0 Å². The molecule has 1 aromatic carbocycles. The third kappa shape index (κ3) is 4.04. The SMILES string of the molecule is Cc1cc(Br)cc(CBr)c1OCc1ccc(Br)cn1. The minimum absolute atomic E-state index is 0.468. The van der Waals surface area contributed by atoms with Gasteiger partial charge in [0.2, 0.25) is 0 Å². The predicted molar refractivity (Wildman–Crippen MR) is 87.8 cm³/mol. The summed E-state index contributed by atoms with van der Waals surface area (Å²) in [5.41, 5.74) is 3.15. The Morgan fingerprint density at radius 2 is 1.95 bits per heavy atom. The monoisotopic (exact) mass is 447 g/mol. The Bertz CT molecular complexity index is 570. The first kappa shape index (κ1) is 15.0. The molecule has 5 heteroatoms. The fourth-order valence-corrected chi connectivity index (χ4v) is 3.01. The van der Waals surface area contributed by atoms with Crippen LogP contribution in [0, 0.1) is 6.92 Å². The number of aromatic nitrogens is 1. The number of benzene rings is 1. The number of aryl methyl sites for hydroxylation is 1. The second-order valence-electron chi connectivity index (χ2n) is 4.10. The molecular formula is C14H12Br3NO. The van der Waals surface area contributed by atoms with Gasteiger partial charge in [-0.1, -0.05) is 31.9 Å². The summed E-state index contributed by atoms with van der Waals surface area (Å²) >= 11 is 10.4. The molecule has 0 aliphatic rings. The van der Waals surface area contributed by atoms with Crippen LogP contribution in [-0.2, 0) is 11.9 Å². The summed E-state index contributed by atoms with van der Waals surface area (Å²) in [6.45, 7) is 2.51. The first-order valence-electron chi connectivity index (χ1n) is 5.68. The predicted octanol–water partition coefficient (Wildman–Crippen LogP) is 5.39. The molecular weight excluding hydrogens is 438 g/mol. The first-order valence-corrected chi connectivity index (χ1v) is 8.39. The van der Waals surface area contributed by atoms with Crippen LogP contribution in [-0.4, -0.2) is 4.98 Å². The Labute approximate surface area is 138 Å². The molecule has 2 aromatic rings. The molecule has 100 valence electrons. The van der Waals surface area contributed by atoms with Gasteiger partial charge >= 0.3 is 0 Å². The molecule has 0 radical (unpaired) electrons. The standard InChI is InChI=1S/C14H12Br3NO/c1-9-4-12(17)5-10(6-15)14(9)19-8-13-3-2-11(16)7-18-13/h2-5,7H,6,8H2,1H3. The number of pyridine rings is 1. The van der Waals surface area contributed by atoms with Crippen LogP contribution < -0.4 is 4.74 Å². The van der Waals surface area contributed by atoms with Crippen molar-refractivity contribution in [2.45, 2.75) is 18.9 Å². The van der Waals surface area contributed by atoms with Crippen molar-refractivity contribution in [3.63, 3.8) is 0 Å². The van der Waals surface area contributed by atoms with E-state index in [0.29, 0.717) is 6.61 Å². The highest BCUT2D eigenvalue weighted by Crippen LogP contribution is 2.30. The second kappa shape index (κ2) is 6.86. The van der Waals surface area contributed by atoms with E-state index in [1.54, 1.807) is 6.20 Å². The average molecular weight is 450 g/mol. The van der Waals surface area contributed by atoms with Gasteiger partial charge in [-0.15, -0.1) is 0 Å². The number of hydrogen-bond donors (Lipinski definition) is 0. The van der Waals surface area contributed by atoms with E-state index in [0.717, 1.165) is 36.8 Å². The van der Waals surface area contributed by atoms with E-state index in [-0.39, 0.29) is 0 Å². The average Bonchev–Trinajstić information content (AvgIpc) is 2.39. The molecule has 0 atom stereocenters. The highest BCUT2D eigenvalue weighted by Gasteiger charge is 2.08. The number of rotatable bonds is 4. The number of ether oxygens (including phenoxy) is 1. The third-order valence-electron chi connectivity index (χ3n) is 2.61. The highest BCUT2D eigenvalue weighted by atomic mass is 79.9. The topological polar surface area (TPSA) is 22.1 Å². The molecule has 0 unspecified atom stereocenters. The van der Waals surface area contributed by atoms with Gasteiger partial charge in [-0.2, -0.15) is 0 Å². The van der Waals surface area contributed by atoms with Gasteiger partial charge in [0.1, 0.15) is 12.4 Å². The lowest BCUT2D eigenvalue weighted by Crippen LogP contribution is -2.01. The van der Waals surface area contributed by atoms with Gasteiger partial charge in [-0.3, -0.25) is 4.98 Å². The molecule has 0 bridgehead atoms. The molecule has 0 aliphatic carbocycles. The molecule has 2 rings (SSSR count). The maximum Gasteiger partial charge on any atom is 0.130 e. The van der Waals surface area contributed by atoms with E-state index in [1.807, 2.05) is 19.1 Å². The van der Waals surface area contributed by atoms with E-state index in [9.17, 15) is 0 Å². The van der Waals surface area contributed by atoms with Crippen molar-refractivity contribution in [1.82, 2.24) is 4.98 Å². The van der Waals surface area contributed by atoms with Crippen LogP contribution in [0.1, 0.15) is 16.8 Å². The van der Waals surface area contributed by atoms with Gasteiger partial charge in [0, 0.05) is 26.0 Å². The molecule has 0 saturated heterocycles. The number of alkyl halides is 1. The fourth-order valence-electron chi connectivity index (χ4n) is 1.74. The number of halogens is 3. The molecule has 0 spiro atoms. The van der Waals surface area contributed by atoms with Crippen molar-refractivity contribution in [1.29, 1.82) is 0 Å². The van der Waals surface area contributed by atoms with Crippen LogP contribution in [0.25, 0.3) is 0 Å². The van der Waals surface area contributed by atoms with Crippen LogP contribution in [0.4, 0.5) is 0 Å². The zero-order valence-electron chi connectivity index (χ0n) is 10.3. The minimum atomic E-state index is 0.468. The second-order valence-corrected chi connectivity index (χ2v) is 6.49. The Morgan fingerprint density at radius 3 is 2.58 bits per heavy atom. The molecule has 0 aliphatic heterocycles. The third-order valence-corrected chi connectivity index (χ3v) is 4.14. The molecule has 0 saturated carbocycles. The van der Waals surface area contributed by atoms with Crippen LogP contribution in [0.15, 0.2) is 39.4 Å². The first-order chi connectivity index (χ1) is 9.10. The minimum Gasteiger partial charge on any atom is -0.487 e. The molecule has 0 fully saturated rings. The van der Waals surface area contributed by atoms with Gasteiger partial charge in [0.25, 0.3) is 0 Å². The Kier molecular flexibility index (Phi) is 5.42. The smallest absolute Gasteiger partial charge is 0.130 e. The van der Waals surface area contributed by atoms with Crippen molar-refractivity contribution in [3.05, 3.63) is 56.2 Å². The maximum absolute atomic E-state index is 5.91. The van der Waals surface area contributed by atoms with E-state index in [1.165, 1.54) is 0 Å². The number of hydrogen-bond acceptors (Lipinski definition) is 2. The lowest BCUT2D eigenvalue weighted by atomic mass is 10.1. The van der Waals surface area contributed by atoms with Crippen molar-refractivity contribution in [3.8, 4) is 5.75 Å². The van der Waals surface area contributed by atoms with E-state index in [2.05, 4.69) is 64.9 Å². The summed E-state index contributed by atoms with van der Waals surface area (Å²) in [4.78, 5) is 4.30. The summed E-state index contributed by atoms with van der Waals surface area (Å²) in [5.74, 6) is 0.921. The number of nitrogens with zero attached hydrogens (tertiary/aromatic N) is 1. The van der Waals surface area contributed by atoms with Crippen LogP contribution >= 0.6 is 47.8 Å². The van der Waals surface area contributed by atoms with Crippen LogP contribution in [0.2, 0.25) is 0 Å². The zero-order chi connectivity index (χ0) is 13.8. The lowest BCUT2D eigenvalue weighted by Gasteiger charge is -2.13. The van der Waals surface area contributed by atoms with Gasteiger partial charge in [0.15, 0.2) is 0 Å². The molecule has 2 nitrogen and oxygen atoms in total. The largest absolute Gasteiger partial charge is 0.487 e. The normalized spacial score (nSPS) is 10.5. The summed E-state index contributed by atoms with van der Waals surface area (Å²) in [7, 11) is 0. The van der Waals surface area contributed by atoms with Gasteiger partial charge in [0.05, 0.1) is 5.69 Å². The van der Waals surface area contributed by atoms with Crippen LogP contribution in [0.3, 0.4) is 0 Å². The summed E-state index contributed by atoms with van der Waals surface area (Å²) < 4.78 is 7.94. The Balaban J connectivity index is 2.17. The van der Waals surface area contributed by atoms with Gasteiger partial charge in [-0.05, 0) is 52.7 Å². The molecule has 0 amide bonds. The summed E-state index contributed by atoms with van der Waals surface area (Å²) in [6, 6.07) is 8.03. The molecule has 1 heterocycles. The fraction of sp³-hybridized carbons (Fsp3) is 0.214. The molecule has 19 heavy (non-hydrogen) atoms. The van der Waals surface area contributed by atoms with Crippen molar-refractivity contribution in [2.75, 3.05) is 0 Å². The van der Waals surface area contributed by atoms with Crippen molar-refractivity contribution < 1.29 is 4.74 Å². The highest BCUT2D eigenvalue weighted by molar-refractivity contribution is 9.10. The maximum atomic E-state index is 5.91. The zero-order valence-corrected chi connectivity index (χ0v) is 15.0. The Hall–Kier alpha value is -0.390. The quantitative estimate of drug-likeness (QED) is 0.584.